The summed E-state index contributed by atoms with van der Waals surface area (Å²) < 4.78 is 21.1. The van der Waals surface area contributed by atoms with E-state index in [1.807, 2.05) is 58.3 Å². The number of hydrogen-bond donors (Lipinski definition) is 9. The van der Waals surface area contributed by atoms with E-state index < -0.39 is 5.82 Å². The number of rotatable bonds is 34. The Bertz CT molecular complexity index is 7280. The Hall–Kier alpha value is -13.5. The van der Waals surface area contributed by atoms with Crippen molar-refractivity contribution in [1.29, 1.82) is 5.26 Å². The van der Waals surface area contributed by atoms with Crippen molar-refractivity contribution in [3.63, 3.8) is 0 Å². The lowest BCUT2D eigenvalue weighted by molar-refractivity contribution is -0.115. The van der Waals surface area contributed by atoms with Crippen molar-refractivity contribution in [2.75, 3.05) is 59.4 Å². The van der Waals surface area contributed by atoms with Gasteiger partial charge in [-0.05, 0) is 154 Å². The van der Waals surface area contributed by atoms with Crippen LogP contribution in [-0.2, 0) is 47.0 Å². The summed E-state index contributed by atoms with van der Waals surface area (Å²) in [5.41, 5.74) is 11.3. The van der Waals surface area contributed by atoms with Crippen LogP contribution in [0.25, 0.3) is 101 Å². The second kappa shape index (κ2) is 57.0. The van der Waals surface area contributed by atoms with Crippen LogP contribution in [0.2, 0.25) is 5.02 Å². The molecular weight excluding hydrogens is 2120 g/mol. The first kappa shape index (κ1) is 114. The Morgan fingerprint density at radius 2 is 0.980 bits per heavy atom. The van der Waals surface area contributed by atoms with Gasteiger partial charge in [-0.15, -0.1) is 87.0 Å². The molecule has 17 aromatic rings. The highest BCUT2D eigenvalue weighted by Gasteiger charge is 2.24. The number of thioether (sulfide) groups is 9. The van der Waals surface area contributed by atoms with Crippen LogP contribution in [0.1, 0.15) is 101 Å². The average Bonchev–Trinajstić information content (AvgIpc) is 1.62. The number of methoxy groups -OCH3 is 1. The van der Waals surface area contributed by atoms with Gasteiger partial charge in [-0.25, -0.2) is 39.3 Å². The number of carbonyl (C=O) groups excluding carboxylic acids is 7. The maximum absolute atomic E-state index is 12.7. The van der Waals surface area contributed by atoms with Crippen molar-refractivity contribution in [1.82, 2.24) is 151 Å². The second-order valence-electron chi connectivity index (χ2n) is 30.7. The molecule has 0 bridgehead atoms. The molecule has 55 heteroatoms. The number of aliphatic hydroxyl groups excluding tert-OH is 1. The van der Waals surface area contributed by atoms with E-state index in [9.17, 15) is 38.0 Å². The molecule has 147 heavy (non-hydrogen) atoms. The molecule has 0 atom stereocenters. The number of nitrogens with one attached hydrogen (secondary N) is 8. The van der Waals surface area contributed by atoms with Crippen LogP contribution in [0.3, 0.4) is 0 Å². The van der Waals surface area contributed by atoms with Crippen LogP contribution in [0, 0.1) is 44.8 Å². The lowest BCUT2D eigenvalue weighted by Gasteiger charge is -2.01. The zero-order valence-corrected chi connectivity index (χ0v) is 91.1. The minimum Gasteiger partial charge on any atom is -0.512 e. The summed E-state index contributed by atoms with van der Waals surface area (Å²) in [6, 6.07) is 27.4. The highest BCUT2D eigenvalue weighted by atomic mass is 35.5. The van der Waals surface area contributed by atoms with Crippen molar-refractivity contribution in [3.05, 3.63) is 177 Å². The van der Waals surface area contributed by atoms with Gasteiger partial charge >= 0.3 is 0 Å². The SMILES string of the molecule is C=C(O)CSC1=NN=C(c2sc3scc(C)c3c2C)C1.CC(=O)CSc1n[nH]c(-c2cc3ccccc3n2C)n1.CC(=O)CSc1n[nH]c(-c2ccc(Cl)cn2)n1.CC(=O)CSc1n[nH]c(-c2ccc(F)cn2)n1.CC(=O)CSc1n[nH]c(-c2cnc(C)nc2)n1.CCc1nc(-c2nc(SCC(C)=O)n[nH]2)c(C)[nH]1.COc1cccc(-c2nc(SCC(C)=O)n[nH]2)n1.CSc1nc(-c2nc(SCC(C)=O)n[nH]2)ccc1C#N. The number of thiophene rings is 2. The highest BCUT2D eigenvalue weighted by Crippen LogP contribution is 2.40. The van der Waals surface area contributed by atoms with Crippen LogP contribution in [0.4, 0.5) is 4.39 Å². The van der Waals surface area contributed by atoms with Crippen molar-refractivity contribution >= 4 is 212 Å². The summed E-state index contributed by atoms with van der Waals surface area (Å²) in [7, 11) is 3.56. The van der Waals surface area contributed by atoms with Crippen LogP contribution < -0.4 is 4.74 Å². The normalized spacial score (nSPS) is 11.1. The summed E-state index contributed by atoms with van der Waals surface area (Å²) >= 11 is 21.3. The van der Waals surface area contributed by atoms with Gasteiger partial charge < -0.3 is 19.4 Å². The zero-order valence-electron chi connectivity index (χ0n) is 81.4. The number of hydrogen-bond acceptors (Lipinski definition) is 44. The summed E-state index contributed by atoms with van der Waals surface area (Å²) in [5.74, 6) is 9.65. The highest BCUT2D eigenvalue weighted by molar-refractivity contribution is 8.14. The third kappa shape index (κ3) is 35.7. The predicted octanol–water partition coefficient (Wildman–Crippen LogP) is 18.1. The number of para-hydroxylation sites is 1. The first-order valence-corrected chi connectivity index (χ1v) is 54.8. The van der Waals surface area contributed by atoms with Crippen LogP contribution in [0.15, 0.2) is 179 Å². The van der Waals surface area contributed by atoms with E-state index in [4.69, 9.17) is 26.7 Å². The van der Waals surface area contributed by atoms with Gasteiger partial charge in [0.15, 0.2) is 40.8 Å². The van der Waals surface area contributed by atoms with E-state index in [-0.39, 0.29) is 46.2 Å². The number of aryl methyl sites for hydroxylation is 6. The summed E-state index contributed by atoms with van der Waals surface area (Å²) in [6.07, 6.45) is 9.49. The molecule has 762 valence electrons. The fourth-order valence-corrected chi connectivity index (χ4v) is 19.8. The molecule has 0 radical (unpaired) electrons. The molecule has 0 fully saturated rings. The van der Waals surface area contributed by atoms with E-state index >= 15 is 0 Å². The van der Waals surface area contributed by atoms with E-state index in [0.717, 1.165) is 69.6 Å². The fraction of sp³-hybridized carbons (Fsp3) is 0.272. The number of ether oxygens (including phenoxy) is 1. The topological polar surface area (TPSA) is 599 Å². The number of carbonyl (C=O) groups is 7. The van der Waals surface area contributed by atoms with Gasteiger partial charge in [0, 0.05) is 66.5 Å². The van der Waals surface area contributed by atoms with E-state index in [0.29, 0.717) is 167 Å². The first-order chi connectivity index (χ1) is 70.6. The number of pyridine rings is 4. The third-order valence-electron chi connectivity index (χ3n) is 18.5. The number of imidazole rings is 1. The van der Waals surface area contributed by atoms with E-state index in [2.05, 4.69) is 211 Å². The number of aliphatic hydroxyl groups is 1. The molecule has 17 heterocycles. The van der Waals surface area contributed by atoms with Crippen LogP contribution in [0.5, 0.6) is 5.88 Å². The van der Waals surface area contributed by atoms with Gasteiger partial charge in [0.2, 0.25) is 42.0 Å². The molecule has 1 aliphatic rings. The number of aromatic amines is 8. The van der Waals surface area contributed by atoms with E-state index in [1.54, 1.807) is 92.6 Å². The maximum atomic E-state index is 12.7. The lowest BCUT2D eigenvalue weighted by Crippen LogP contribution is -2.01. The van der Waals surface area contributed by atoms with Crippen LogP contribution in [-0.4, -0.2) is 266 Å². The number of Topliss-reactive ketones (excluding diaryl/α,β-unsaturated/α-hetero) is 7. The van der Waals surface area contributed by atoms with Gasteiger partial charge in [-0.3, -0.25) is 74.2 Å². The summed E-state index contributed by atoms with van der Waals surface area (Å²) in [5, 5.41) is 85.1. The minimum atomic E-state index is -0.403. The van der Waals surface area contributed by atoms with Crippen molar-refractivity contribution in [2.45, 2.75) is 137 Å². The van der Waals surface area contributed by atoms with Crippen molar-refractivity contribution in [2.24, 2.45) is 17.3 Å². The molecule has 16 aromatic heterocycles. The minimum absolute atomic E-state index is 0.0567. The number of nitriles is 1. The number of nitrogens with zero attached hydrogens (tertiary/aromatic N) is 25. The number of H-pyrrole nitrogens is 8. The predicted molar refractivity (Wildman–Crippen MR) is 577 cm³/mol. The number of benzene rings is 1. The molecule has 1 aromatic carbocycles. The number of fused-ring (bicyclic) bond motifs is 2. The van der Waals surface area contributed by atoms with Gasteiger partial charge in [0.1, 0.15) is 103 Å². The molecular formula is C92H95ClFN33O9S11. The Morgan fingerprint density at radius 1 is 0.524 bits per heavy atom. The lowest BCUT2D eigenvalue weighted by atomic mass is 10.1. The van der Waals surface area contributed by atoms with Crippen molar-refractivity contribution in [3.8, 4) is 92.4 Å². The smallest absolute Gasteiger partial charge is 0.213 e. The number of halogens is 2. The van der Waals surface area contributed by atoms with Gasteiger partial charge in [0.25, 0.3) is 0 Å². The summed E-state index contributed by atoms with van der Waals surface area (Å²) in [4.78, 5) is 140. The maximum Gasteiger partial charge on any atom is 0.213 e. The van der Waals surface area contributed by atoms with Gasteiger partial charge in [-0.1, -0.05) is 132 Å². The molecule has 0 saturated carbocycles. The first-order valence-electron chi connectivity index (χ1n) is 43.6. The Labute approximate surface area is 891 Å². The third-order valence-corrected chi connectivity index (χ3v) is 29.9. The largest absolute Gasteiger partial charge is 0.512 e. The Kier molecular flexibility index (Phi) is 44.1. The molecule has 0 spiro atoms. The molecule has 1 aliphatic heterocycles. The van der Waals surface area contributed by atoms with Gasteiger partial charge in [0.05, 0.1) is 102 Å². The molecule has 42 nitrogen and oxygen atoms in total. The molecule has 9 N–H and O–H groups in total. The standard InChI is InChI=1S/C14H14N4OS.C14H14N2OS3.C12H11N5OS2.C11H15N5OS.C11H12N4O2S.C10H9ClN4OS.C10H9FN4OS.C10H11N5OS/c1-9(19)8-20-14-15-13(16-17-14)12-7-10-5-3-4-6-11(10)18(12)2;1-7-5-19-14-12(7)9(3)13(20-14)10-4-11(16-15-10)18-6-8(2)17;1-7(18)6-20-12-15-10(16-17-12)9-4-3-8(5-13)11(14-9)19-2;1-4-8-12-7(3)9(13-8)10-14-11(16-15-10)18-5-6(2)17;1-7(16)6-18-11-13-10(14-15-11)8-4-3-5-9(12-8)17-2;2*1-6(16)5-17-10-13-9(14-15-10)8-3-2-7(11)4-12-8;1-6(16)5-17-10-13-9(14-15-10)8-3-11-7(2)12-4-8/h3-7H,8H2,1-2H3,(H,15,16,17);5,17H,2,4,6H2,1,3H3;3-4H,6H2,1-2H3,(H,15,16,17);4-5H2,1-3H3,(H,12,13)(H,14,15,16);3-5H,6H2,1-2H3,(H,13,14,15);2*2-4H,5H2,1H3,(H,13,14,15);3-4H,5H2,1-2H3,(H,13,14,15). The molecule has 0 aliphatic carbocycles. The monoisotopic (exact) mass is 2210 g/mol. The second-order valence-corrected chi connectivity index (χ2v) is 41.8. The van der Waals surface area contributed by atoms with Crippen molar-refractivity contribution < 1.29 is 47.8 Å². The average molecular weight is 2210 g/mol. The summed E-state index contributed by atoms with van der Waals surface area (Å²) in [6.45, 7) is 24.3. The fourth-order valence-electron chi connectivity index (χ4n) is 11.8. The molecule has 18 rings (SSSR count). The molecule has 0 unspecified atom stereocenters. The van der Waals surface area contributed by atoms with Crippen LogP contribution >= 0.6 is 140 Å². The molecule has 0 saturated heterocycles. The Morgan fingerprint density at radius 3 is 1.43 bits per heavy atom. The quantitative estimate of drug-likeness (QED) is 0.0134. The Balaban J connectivity index is 0.000000160. The zero-order chi connectivity index (χ0) is 106. The van der Waals surface area contributed by atoms with E-state index in [1.165, 1.54) is 183 Å². The molecule has 0 amide bonds. The number of aromatic nitrogens is 30. The number of ketones is 7. The van der Waals surface area contributed by atoms with Gasteiger partial charge in [-0.2, -0.15) is 40.3 Å².